The highest BCUT2D eigenvalue weighted by Crippen LogP contribution is 2.26. The van der Waals surface area contributed by atoms with Crippen LogP contribution in [0.2, 0.25) is 0 Å². The molecule has 1 saturated heterocycles. The lowest BCUT2D eigenvalue weighted by atomic mass is 9.98. The van der Waals surface area contributed by atoms with Gasteiger partial charge in [-0.05, 0) is 67.6 Å². The quantitative estimate of drug-likeness (QED) is 0.627. The monoisotopic (exact) mass is 412 g/mol. The van der Waals surface area contributed by atoms with E-state index in [0.717, 1.165) is 54.9 Å². The first-order chi connectivity index (χ1) is 14.6. The van der Waals surface area contributed by atoms with Crippen LogP contribution in [0, 0.1) is 0 Å². The number of nitrogens with zero attached hydrogens (tertiary/aromatic N) is 1. The van der Waals surface area contributed by atoms with Crippen LogP contribution in [0.5, 0.6) is 11.5 Å². The summed E-state index contributed by atoms with van der Waals surface area (Å²) in [6.07, 6.45) is 3.91. The molecule has 6 heteroatoms. The lowest BCUT2D eigenvalue weighted by Crippen LogP contribution is -2.41. The highest BCUT2D eigenvalue weighted by atomic mass is 16.5. The molecule has 1 aliphatic rings. The van der Waals surface area contributed by atoms with Crippen molar-refractivity contribution in [1.82, 2.24) is 10.2 Å². The molecular formula is C24H32N2O4. The van der Waals surface area contributed by atoms with Gasteiger partial charge in [0.1, 0.15) is 11.5 Å². The summed E-state index contributed by atoms with van der Waals surface area (Å²) >= 11 is 0. The second-order valence-corrected chi connectivity index (χ2v) is 7.68. The van der Waals surface area contributed by atoms with Crippen molar-refractivity contribution in [2.75, 3.05) is 33.9 Å². The first-order valence-electron chi connectivity index (χ1n) is 10.6. The number of nitrogens with one attached hydrogen (secondary N) is 1. The van der Waals surface area contributed by atoms with E-state index in [1.165, 1.54) is 0 Å². The summed E-state index contributed by atoms with van der Waals surface area (Å²) in [5.74, 6) is 1.56. The Kier molecular flexibility index (Phi) is 8.11. The summed E-state index contributed by atoms with van der Waals surface area (Å²) < 4.78 is 10.5. The van der Waals surface area contributed by atoms with Crippen molar-refractivity contribution in [2.45, 2.75) is 37.8 Å². The van der Waals surface area contributed by atoms with Gasteiger partial charge in [0.05, 0.1) is 26.8 Å². The zero-order chi connectivity index (χ0) is 21.3. The van der Waals surface area contributed by atoms with E-state index in [0.29, 0.717) is 12.6 Å². The number of rotatable bonds is 10. The SMILES string of the molecule is COc1ccc(C(NC(=O)CN2CCCC2CCCO)c2ccc(OC)cc2)cc1. The van der Waals surface area contributed by atoms with E-state index in [4.69, 9.17) is 14.6 Å². The first-order valence-corrected chi connectivity index (χ1v) is 10.6. The molecule has 0 spiro atoms. The fourth-order valence-corrected chi connectivity index (χ4v) is 4.10. The highest BCUT2D eigenvalue weighted by molar-refractivity contribution is 5.79. The largest absolute Gasteiger partial charge is 0.497 e. The van der Waals surface area contributed by atoms with Crippen molar-refractivity contribution in [3.8, 4) is 11.5 Å². The first kappa shape index (κ1) is 22.1. The highest BCUT2D eigenvalue weighted by Gasteiger charge is 2.27. The number of aliphatic hydroxyl groups is 1. The molecule has 2 aromatic rings. The molecule has 1 atom stereocenters. The van der Waals surface area contributed by atoms with Crippen molar-refractivity contribution < 1.29 is 19.4 Å². The lowest BCUT2D eigenvalue weighted by molar-refractivity contribution is -0.123. The molecule has 0 bridgehead atoms. The molecule has 0 saturated carbocycles. The van der Waals surface area contributed by atoms with Crippen molar-refractivity contribution >= 4 is 5.91 Å². The summed E-state index contributed by atoms with van der Waals surface area (Å²) in [6.45, 7) is 1.51. The molecule has 1 heterocycles. The molecule has 2 aromatic carbocycles. The Labute approximate surface area is 178 Å². The van der Waals surface area contributed by atoms with E-state index >= 15 is 0 Å². The molecule has 6 nitrogen and oxygen atoms in total. The van der Waals surface area contributed by atoms with Gasteiger partial charge in [-0.25, -0.2) is 0 Å². The molecule has 1 fully saturated rings. The normalized spacial score (nSPS) is 16.6. The van der Waals surface area contributed by atoms with Crippen molar-refractivity contribution in [2.24, 2.45) is 0 Å². The minimum atomic E-state index is -0.257. The average Bonchev–Trinajstić information content (AvgIpc) is 3.23. The number of hydrogen-bond donors (Lipinski definition) is 2. The van der Waals surface area contributed by atoms with Gasteiger partial charge in [-0.3, -0.25) is 9.69 Å². The maximum absolute atomic E-state index is 13.0. The summed E-state index contributed by atoms with van der Waals surface area (Å²) in [5.41, 5.74) is 1.99. The number of amides is 1. The molecule has 1 unspecified atom stereocenters. The molecule has 0 aliphatic carbocycles. The number of methoxy groups -OCH3 is 2. The van der Waals surface area contributed by atoms with Crippen molar-refractivity contribution in [3.63, 3.8) is 0 Å². The van der Waals surface area contributed by atoms with Gasteiger partial charge in [0.25, 0.3) is 0 Å². The predicted molar refractivity (Wildman–Crippen MR) is 117 cm³/mol. The molecule has 0 aromatic heterocycles. The Hall–Kier alpha value is -2.57. The van der Waals surface area contributed by atoms with E-state index in [2.05, 4.69) is 10.2 Å². The minimum absolute atomic E-state index is 0.00235. The molecule has 30 heavy (non-hydrogen) atoms. The third-order valence-electron chi connectivity index (χ3n) is 5.74. The number of carbonyl (C=O) groups is 1. The van der Waals surface area contributed by atoms with E-state index in [1.807, 2.05) is 48.5 Å². The average molecular weight is 413 g/mol. The smallest absolute Gasteiger partial charge is 0.234 e. The molecular weight excluding hydrogens is 380 g/mol. The van der Waals surface area contributed by atoms with Crippen molar-refractivity contribution in [1.29, 1.82) is 0 Å². The zero-order valence-corrected chi connectivity index (χ0v) is 17.8. The van der Waals surface area contributed by atoms with E-state index in [1.54, 1.807) is 14.2 Å². The topological polar surface area (TPSA) is 71.0 Å². The van der Waals surface area contributed by atoms with Crippen LogP contribution in [0.25, 0.3) is 0 Å². The Bertz CT molecular complexity index is 744. The van der Waals surface area contributed by atoms with Crippen LogP contribution in [-0.2, 0) is 4.79 Å². The number of carbonyl (C=O) groups excluding carboxylic acids is 1. The van der Waals surface area contributed by atoms with Crippen LogP contribution in [0.15, 0.2) is 48.5 Å². The maximum atomic E-state index is 13.0. The molecule has 162 valence electrons. The number of ether oxygens (including phenoxy) is 2. The van der Waals surface area contributed by atoms with Gasteiger partial charge in [0, 0.05) is 12.6 Å². The van der Waals surface area contributed by atoms with Crippen LogP contribution in [0.3, 0.4) is 0 Å². The van der Waals surface area contributed by atoms with Crippen LogP contribution in [0.4, 0.5) is 0 Å². The minimum Gasteiger partial charge on any atom is -0.497 e. The third-order valence-corrected chi connectivity index (χ3v) is 5.74. The van der Waals surface area contributed by atoms with Crippen LogP contribution in [0.1, 0.15) is 42.9 Å². The third kappa shape index (κ3) is 5.74. The van der Waals surface area contributed by atoms with Crippen molar-refractivity contribution in [3.05, 3.63) is 59.7 Å². The predicted octanol–water partition coefficient (Wildman–Crippen LogP) is 3.15. The second-order valence-electron chi connectivity index (χ2n) is 7.68. The van der Waals surface area contributed by atoms with Gasteiger partial charge in [0.2, 0.25) is 5.91 Å². The summed E-state index contributed by atoms with van der Waals surface area (Å²) in [4.78, 5) is 15.2. The zero-order valence-electron chi connectivity index (χ0n) is 17.8. The van der Waals surface area contributed by atoms with Gasteiger partial charge in [-0.1, -0.05) is 24.3 Å². The van der Waals surface area contributed by atoms with Crippen LogP contribution in [-0.4, -0.2) is 55.9 Å². The fraction of sp³-hybridized carbons (Fsp3) is 0.458. The van der Waals surface area contributed by atoms with Crippen LogP contribution < -0.4 is 14.8 Å². The molecule has 2 N–H and O–H groups in total. The molecule has 1 aliphatic heterocycles. The van der Waals surface area contributed by atoms with E-state index in [9.17, 15) is 4.79 Å². The fourth-order valence-electron chi connectivity index (χ4n) is 4.10. The number of hydrogen-bond acceptors (Lipinski definition) is 5. The molecule has 3 rings (SSSR count). The summed E-state index contributed by atoms with van der Waals surface area (Å²) in [6, 6.07) is 15.7. The van der Waals surface area contributed by atoms with E-state index < -0.39 is 0 Å². The summed E-state index contributed by atoms with van der Waals surface area (Å²) in [7, 11) is 3.28. The Morgan fingerprint density at radius 2 is 1.63 bits per heavy atom. The number of benzene rings is 2. The van der Waals surface area contributed by atoms with Gasteiger partial charge in [0.15, 0.2) is 0 Å². The lowest BCUT2D eigenvalue weighted by Gasteiger charge is -2.26. The van der Waals surface area contributed by atoms with Gasteiger partial charge in [-0.15, -0.1) is 0 Å². The second kappa shape index (κ2) is 11.0. The molecule has 1 amide bonds. The van der Waals surface area contributed by atoms with Gasteiger partial charge < -0.3 is 19.9 Å². The van der Waals surface area contributed by atoms with E-state index in [-0.39, 0.29) is 18.6 Å². The van der Waals surface area contributed by atoms with Crippen LogP contribution >= 0.6 is 0 Å². The van der Waals surface area contributed by atoms with Gasteiger partial charge >= 0.3 is 0 Å². The Morgan fingerprint density at radius 3 is 2.13 bits per heavy atom. The maximum Gasteiger partial charge on any atom is 0.234 e. The Morgan fingerprint density at radius 1 is 1.07 bits per heavy atom. The molecule has 0 radical (unpaired) electrons. The Balaban J connectivity index is 1.74. The number of likely N-dealkylation sites (tertiary alicyclic amines) is 1. The summed E-state index contributed by atoms with van der Waals surface area (Å²) in [5, 5.41) is 12.3. The number of aliphatic hydroxyl groups excluding tert-OH is 1. The standard InChI is InChI=1S/C24H32N2O4/c1-29-21-11-7-18(8-12-21)24(19-9-13-22(30-2)14-10-19)25-23(28)17-26-15-3-5-20(26)6-4-16-27/h7-14,20,24,27H,3-6,15-17H2,1-2H3,(H,25,28). The van der Waals surface area contributed by atoms with Gasteiger partial charge in [-0.2, -0.15) is 0 Å².